The van der Waals surface area contributed by atoms with E-state index in [0.717, 1.165) is 5.56 Å². The van der Waals surface area contributed by atoms with E-state index in [4.69, 9.17) is 9.47 Å². The number of amides is 3. The Balaban J connectivity index is 1.48. The van der Waals surface area contributed by atoms with Crippen LogP contribution in [0.3, 0.4) is 0 Å². The van der Waals surface area contributed by atoms with E-state index in [0.29, 0.717) is 36.6 Å². The van der Waals surface area contributed by atoms with Crippen molar-refractivity contribution in [1.82, 2.24) is 15.1 Å². The summed E-state index contributed by atoms with van der Waals surface area (Å²) >= 11 is 0. The lowest BCUT2D eigenvalue weighted by Crippen LogP contribution is -2.67. The molecule has 2 N–H and O–H groups in total. The molecular weight excluding hydrogens is 414 g/mol. The highest BCUT2D eigenvalue weighted by Gasteiger charge is 2.56. The number of methoxy groups -OCH3 is 2. The zero-order chi connectivity index (χ0) is 22.8. The highest BCUT2D eigenvalue weighted by atomic mass is 16.5. The molecule has 9 nitrogen and oxygen atoms in total. The summed E-state index contributed by atoms with van der Waals surface area (Å²) in [5.41, 5.74) is 1.44. The van der Waals surface area contributed by atoms with E-state index in [1.54, 1.807) is 55.5 Å². The van der Waals surface area contributed by atoms with Crippen LogP contribution in [-0.4, -0.2) is 65.7 Å². The second-order valence-corrected chi connectivity index (χ2v) is 7.78. The summed E-state index contributed by atoms with van der Waals surface area (Å²) in [6.45, 7) is 0.796. The Kier molecular flexibility index (Phi) is 5.89. The van der Waals surface area contributed by atoms with Gasteiger partial charge in [0.15, 0.2) is 11.5 Å². The van der Waals surface area contributed by atoms with E-state index in [9.17, 15) is 19.5 Å². The molecule has 3 atom stereocenters. The van der Waals surface area contributed by atoms with E-state index < -0.39 is 24.1 Å². The number of fused-ring (bicyclic) bond motifs is 1. The van der Waals surface area contributed by atoms with Crippen molar-refractivity contribution in [3.05, 3.63) is 59.7 Å². The van der Waals surface area contributed by atoms with Crippen molar-refractivity contribution in [2.75, 3.05) is 20.8 Å². The number of rotatable bonds is 7. The minimum atomic E-state index is -1.29. The monoisotopic (exact) mass is 439 g/mol. The third-order valence-corrected chi connectivity index (χ3v) is 6.03. The van der Waals surface area contributed by atoms with Gasteiger partial charge in [0.05, 0.1) is 20.3 Å². The van der Waals surface area contributed by atoms with Gasteiger partial charge in [0, 0.05) is 13.1 Å². The van der Waals surface area contributed by atoms with Crippen LogP contribution in [0, 0.1) is 0 Å². The third-order valence-electron chi connectivity index (χ3n) is 6.03. The van der Waals surface area contributed by atoms with Gasteiger partial charge in [0.1, 0.15) is 12.1 Å². The first-order valence-electron chi connectivity index (χ1n) is 10.3. The first kappa shape index (κ1) is 21.5. The number of benzene rings is 2. The van der Waals surface area contributed by atoms with Crippen LogP contribution in [0.15, 0.2) is 48.5 Å². The van der Waals surface area contributed by atoms with Gasteiger partial charge >= 0.3 is 6.09 Å². The summed E-state index contributed by atoms with van der Waals surface area (Å²) in [5.74, 6) is 0.644. The molecule has 32 heavy (non-hydrogen) atoms. The van der Waals surface area contributed by atoms with E-state index in [1.165, 1.54) is 4.90 Å². The van der Waals surface area contributed by atoms with Gasteiger partial charge in [-0.3, -0.25) is 9.59 Å². The number of nitrogens with one attached hydrogen (secondary N) is 1. The van der Waals surface area contributed by atoms with Crippen molar-refractivity contribution in [3.8, 4) is 11.5 Å². The Morgan fingerprint density at radius 3 is 2.50 bits per heavy atom. The highest BCUT2D eigenvalue weighted by molar-refractivity contribution is 5.96. The van der Waals surface area contributed by atoms with Gasteiger partial charge in [-0.1, -0.05) is 36.4 Å². The fourth-order valence-corrected chi connectivity index (χ4v) is 4.49. The van der Waals surface area contributed by atoms with Crippen LogP contribution in [0.2, 0.25) is 0 Å². The summed E-state index contributed by atoms with van der Waals surface area (Å²) in [6.07, 6.45) is -0.651. The molecule has 9 heteroatoms. The van der Waals surface area contributed by atoms with E-state index >= 15 is 0 Å². The summed E-state index contributed by atoms with van der Waals surface area (Å²) < 4.78 is 10.6. The molecule has 2 aliphatic heterocycles. The SMILES string of the molecule is COc1ccc(CN2C(=O)[C@@H]3[C@H]2CCN3C(=O)[C@H](NC(=O)O)c2ccccc2)cc1OC. The third kappa shape index (κ3) is 3.81. The smallest absolute Gasteiger partial charge is 0.405 e. The van der Waals surface area contributed by atoms with Gasteiger partial charge in [-0.05, 0) is 29.7 Å². The van der Waals surface area contributed by atoms with Crippen molar-refractivity contribution >= 4 is 17.9 Å². The summed E-state index contributed by atoms with van der Waals surface area (Å²) in [5, 5.41) is 11.5. The van der Waals surface area contributed by atoms with Crippen molar-refractivity contribution < 1.29 is 29.0 Å². The Morgan fingerprint density at radius 1 is 1.12 bits per heavy atom. The second kappa shape index (κ2) is 8.78. The van der Waals surface area contributed by atoms with Gasteiger partial charge in [-0.15, -0.1) is 0 Å². The number of nitrogens with zero attached hydrogens (tertiary/aromatic N) is 2. The highest BCUT2D eigenvalue weighted by Crippen LogP contribution is 2.37. The van der Waals surface area contributed by atoms with Gasteiger partial charge < -0.3 is 29.7 Å². The molecule has 2 saturated heterocycles. The van der Waals surface area contributed by atoms with Crippen molar-refractivity contribution in [2.45, 2.75) is 31.1 Å². The fourth-order valence-electron chi connectivity index (χ4n) is 4.49. The number of ether oxygens (including phenoxy) is 2. The normalized spacial score (nSPS) is 20.2. The van der Waals surface area contributed by atoms with Gasteiger partial charge in [-0.25, -0.2) is 4.79 Å². The van der Waals surface area contributed by atoms with Crippen LogP contribution in [0.1, 0.15) is 23.6 Å². The quantitative estimate of drug-likeness (QED) is 0.639. The van der Waals surface area contributed by atoms with Gasteiger partial charge in [0.25, 0.3) is 5.91 Å². The molecule has 0 spiro atoms. The minimum absolute atomic E-state index is 0.0965. The lowest BCUT2D eigenvalue weighted by atomic mass is 9.94. The van der Waals surface area contributed by atoms with E-state index in [2.05, 4.69) is 5.32 Å². The Bertz CT molecular complexity index is 1030. The topological polar surface area (TPSA) is 108 Å². The van der Waals surface area contributed by atoms with E-state index in [-0.39, 0.29) is 11.9 Å². The predicted molar refractivity (Wildman–Crippen MR) is 114 cm³/mol. The number of carbonyl (C=O) groups excluding carboxylic acids is 2. The average molecular weight is 439 g/mol. The first-order valence-corrected chi connectivity index (χ1v) is 10.3. The first-order chi connectivity index (χ1) is 15.4. The van der Waals surface area contributed by atoms with Gasteiger partial charge in [0.2, 0.25) is 5.91 Å². The van der Waals surface area contributed by atoms with E-state index in [1.807, 2.05) is 12.1 Å². The Morgan fingerprint density at radius 2 is 1.84 bits per heavy atom. The van der Waals surface area contributed by atoms with Crippen LogP contribution >= 0.6 is 0 Å². The van der Waals surface area contributed by atoms with Crippen molar-refractivity contribution in [1.29, 1.82) is 0 Å². The number of carbonyl (C=O) groups is 3. The molecule has 2 aliphatic rings. The molecule has 0 aromatic heterocycles. The lowest BCUT2D eigenvalue weighted by molar-refractivity contribution is -0.160. The lowest BCUT2D eigenvalue weighted by Gasteiger charge is -2.46. The van der Waals surface area contributed by atoms with Gasteiger partial charge in [-0.2, -0.15) is 0 Å². The summed E-state index contributed by atoms with van der Waals surface area (Å²) in [6, 6.07) is 12.4. The molecule has 4 rings (SSSR count). The minimum Gasteiger partial charge on any atom is -0.493 e. The molecule has 0 aliphatic carbocycles. The molecule has 0 radical (unpaired) electrons. The number of hydrogen-bond donors (Lipinski definition) is 2. The number of hydrogen-bond acceptors (Lipinski definition) is 5. The van der Waals surface area contributed by atoms with Crippen molar-refractivity contribution in [2.24, 2.45) is 0 Å². The molecule has 0 saturated carbocycles. The molecule has 0 bridgehead atoms. The summed E-state index contributed by atoms with van der Waals surface area (Å²) in [4.78, 5) is 40.8. The Labute approximate surface area is 185 Å². The fraction of sp³-hybridized carbons (Fsp3) is 0.348. The zero-order valence-corrected chi connectivity index (χ0v) is 17.9. The van der Waals surface area contributed by atoms with Crippen LogP contribution in [0.5, 0.6) is 11.5 Å². The molecule has 168 valence electrons. The number of carboxylic acid groups (broad SMARTS) is 1. The Hall–Kier alpha value is -3.75. The zero-order valence-electron chi connectivity index (χ0n) is 17.9. The van der Waals surface area contributed by atoms with Crippen LogP contribution in [0.4, 0.5) is 4.79 Å². The molecule has 3 amide bonds. The second-order valence-electron chi connectivity index (χ2n) is 7.78. The maximum Gasteiger partial charge on any atom is 0.405 e. The maximum absolute atomic E-state index is 13.2. The molecule has 2 heterocycles. The molecule has 2 fully saturated rings. The number of β-lactam (4-membered cyclic amide) rings is 1. The molecule has 0 unspecified atom stereocenters. The van der Waals surface area contributed by atoms with Crippen molar-refractivity contribution in [3.63, 3.8) is 0 Å². The van der Waals surface area contributed by atoms with Crippen LogP contribution in [-0.2, 0) is 16.1 Å². The van der Waals surface area contributed by atoms with Crippen LogP contribution in [0.25, 0.3) is 0 Å². The number of likely N-dealkylation sites (tertiary alicyclic amines) is 2. The molecular formula is C23H25N3O6. The maximum atomic E-state index is 13.2. The molecule has 2 aromatic rings. The van der Waals surface area contributed by atoms with Crippen LogP contribution < -0.4 is 14.8 Å². The standard InChI is InChI=1S/C23H25N3O6/c1-31-17-9-8-14(12-18(17)32-2)13-26-16-10-11-25(20(16)22(26)28)21(27)19(24-23(29)30)15-6-4-3-5-7-15/h3-9,12,16,19-20,24H,10-11,13H2,1-2H3,(H,29,30)/t16-,19-,20+/m1/s1. The average Bonchev–Trinajstić information content (AvgIpc) is 3.21. The predicted octanol–water partition coefficient (Wildman–Crippen LogP) is 2.02. The summed E-state index contributed by atoms with van der Waals surface area (Å²) in [7, 11) is 3.12. The largest absolute Gasteiger partial charge is 0.493 e. The molecule has 2 aromatic carbocycles.